The van der Waals surface area contributed by atoms with Gasteiger partial charge in [-0.2, -0.15) is 0 Å². The van der Waals surface area contributed by atoms with Crippen molar-refractivity contribution < 1.29 is 19.1 Å². The summed E-state index contributed by atoms with van der Waals surface area (Å²) < 4.78 is 10.4. The predicted octanol–water partition coefficient (Wildman–Crippen LogP) is 3.71. The molecule has 0 saturated carbocycles. The summed E-state index contributed by atoms with van der Waals surface area (Å²) in [5.74, 6) is 0.135. The first-order valence-corrected chi connectivity index (χ1v) is 7.80. The molecule has 2 aromatic carbocycles. The largest absolute Gasteiger partial charge is 0.426 e. The summed E-state index contributed by atoms with van der Waals surface area (Å²) in [7, 11) is 0. The van der Waals surface area contributed by atoms with Crippen molar-refractivity contribution in [3.63, 3.8) is 0 Å². The second-order valence-electron chi connectivity index (χ2n) is 5.61. The molecule has 1 aliphatic heterocycles. The highest BCUT2D eigenvalue weighted by atomic mass is 16.5. The van der Waals surface area contributed by atoms with Crippen molar-refractivity contribution in [2.75, 3.05) is 0 Å². The molecule has 4 heteroatoms. The fourth-order valence-corrected chi connectivity index (χ4v) is 2.51. The molecule has 0 fully saturated rings. The topological polar surface area (TPSA) is 52.6 Å². The number of esters is 2. The summed E-state index contributed by atoms with van der Waals surface area (Å²) in [5.41, 5.74) is 2.53. The van der Waals surface area contributed by atoms with E-state index in [1.807, 2.05) is 12.1 Å². The minimum absolute atomic E-state index is 0.267. The van der Waals surface area contributed by atoms with Crippen LogP contribution in [0.1, 0.15) is 41.3 Å². The number of carbonyl (C=O) groups excluding carboxylic acids is 2. The third kappa shape index (κ3) is 3.59. The van der Waals surface area contributed by atoms with Crippen molar-refractivity contribution >= 4 is 11.9 Å². The average molecular weight is 310 g/mol. The van der Waals surface area contributed by atoms with Gasteiger partial charge in [-0.05, 0) is 36.6 Å². The van der Waals surface area contributed by atoms with E-state index in [4.69, 9.17) is 9.47 Å². The van der Waals surface area contributed by atoms with Crippen LogP contribution in [0.4, 0.5) is 0 Å². The number of benzene rings is 2. The Morgan fingerprint density at radius 3 is 2.70 bits per heavy atom. The van der Waals surface area contributed by atoms with Crippen molar-refractivity contribution in [1.29, 1.82) is 0 Å². The normalized spacial score (nSPS) is 12.7. The smallest absolute Gasteiger partial charge is 0.343 e. The summed E-state index contributed by atoms with van der Waals surface area (Å²) in [6, 6.07) is 12.5. The molecule has 0 bridgehead atoms. The number of hydrogen-bond donors (Lipinski definition) is 0. The summed E-state index contributed by atoms with van der Waals surface area (Å²) >= 11 is 0. The van der Waals surface area contributed by atoms with Crippen LogP contribution in [-0.2, 0) is 17.6 Å². The Bertz CT molecular complexity index is 732. The maximum absolute atomic E-state index is 12.2. The molecule has 1 aliphatic rings. The lowest BCUT2D eigenvalue weighted by Gasteiger charge is -2.06. The van der Waals surface area contributed by atoms with E-state index in [2.05, 4.69) is 6.92 Å². The Labute approximate surface area is 135 Å². The van der Waals surface area contributed by atoms with Gasteiger partial charge in [-0.15, -0.1) is 0 Å². The number of unbranched alkanes of at least 4 members (excludes halogenated alkanes) is 1. The Kier molecular flexibility index (Phi) is 4.42. The van der Waals surface area contributed by atoms with Gasteiger partial charge in [0.05, 0.1) is 12.0 Å². The predicted molar refractivity (Wildman–Crippen MR) is 85.8 cm³/mol. The van der Waals surface area contributed by atoms with Crippen molar-refractivity contribution in [1.82, 2.24) is 0 Å². The zero-order valence-corrected chi connectivity index (χ0v) is 13.0. The number of fused-ring (bicyclic) bond motifs is 1. The van der Waals surface area contributed by atoms with Crippen LogP contribution in [0.5, 0.6) is 11.5 Å². The number of aryl methyl sites for hydroxylation is 1. The van der Waals surface area contributed by atoms with Gasteiger partial charge >= 0.3 is 11.9 Å². The minimum atomic E-state index is -0.420. The number of rotatable bonds is 5. The van der Waals surface area contributed by atoms with E-state index in [0.717, 1.165) is 24.8 Å². The molecule has 3 rings (SSSR count). The molecule has 0 spiro atoms. The summed E-state index contributed by atoms with van der Waals surface area (Å²) in [4.78, 5) is 23.4. The first-order chi connectivity index (χ1) is 11.2. The number of hydrogen-bond acceptors (Lipinski definition) is 4. The van der Waals surface area contributed by atoms with Gasteiger partial charge in [0.1, 0.15) is 11.5 Å². The molecule has 2 aromatic rings. The van der Waals surface area contributed by atoms with Crippen LogP contribution in [0.3, 0.4) is 0 Å². The van der Waals surface area contributed by atoms with Crippen molar-refractivity contribution in [2.45, 2.75) is 32.6 Å². The zero-order valence-electron chi connectivity index (χ0n) is 13.0. The van der Waals surface area contributed by atoms with Crippen LogP contribution in [0, 0.1) is 0 Å². The highest BCUT2D eigenvalue weighted by Gasteiger charge is 2.21. The maximum atomic E-state index is 12.2. The standard InChI is InChI=1S/C19H18O4/c1-2-3-4-13-5-7-14(8-6-13)19(21)22-16-10-9-15-11-18(20)23-17(15)12-16/h5-10,12H,2-4,11H2,1H3. The van der Waals surface area contributed by atoms with Gasteiger partial charge in [0.2, 0.25) is 0 Å². The second kappa shape index (κ2) is 6.65. The molecule has 0 saturated heterocycles. The van der Waals surface area contributed by atoms with Gasteiger partial charge in [0.25, 0.3) is 0 Å². The van der Waals surface area contributed by atoms with Crippen LogP contribution in [0.15, 0.2) is 42.5 Å². The first-order valence-electron chi connectivity index (χ1n) is 7.80. The van der Waals surface area contributed by atoms with E-state index in [-0.39, 0.29) is 12.4 Å². The zero-order chi connectivity index (χ0) is 16.2. The molecular weight excluding hydrogens is 292 g/mol. The van der Waals surface area contributed by atoms with E-state index in [0.29, 0.717) is 17.1 Å². The van der Waals surface area contributed by atoms with Gasteiger partial charge < -0.3 is 9.47 Å². The maximum Gasteiger partial charge on any atom is 0.343 e. The lowest BCUT2D eigenvalue weighted by molar-refractivity contribution is -0.131. The quantitative estimate of drug-likeness (QED) is 0.624. The number of carbonyl (C=O) groups is 2. The molecule has 1 heterocycles. The molecule has 0 radical (unpaired) electrons. The summed E-state index contributed by atoms with van der Waals surface area (Å²) in [6.07, 6.45) is 3.56. The molecule has 0 amide bonds. The van der Waals surface area contributed by atoms with Crippen molar-refractivity contribution in [3.8, 4) is 11.5 Å². The van der Waals surface area contributed by atoms with E-state index in [9.17, 15) is 9.59 Å². The van der Waals surface area contributed by atoms with Gasteiger partial charge in [0.15, 0.2) is 0 Å². The second-order valence-corrected chi connectivity index (χ2v) is 5.61. The SMILES string of the molecule is CCCCc1ccc(C(=O)Oc2ccc3c(c2)OC(=O)C3)cc1. The molecule has 4 nitrogen and oxygen atoms in total. The van der Waals surface area contributed by atoms with Crippen LogP contribution in [-0.4, -0.2) is 11.9 Å². The lowest BCUT2D eigenvalue weighted by Crippen LogP contribution is -2.08. The van der Waals surface area contributed by atoms with Crippen molar-refractivity contribution in [3.05, 3.63) is 59.2 Å². The van der Waals surface area contributed by atoms with E-state index >= 15 is 0 Å². The van der Waals surface area contributed by atoms with Crippen LogP contribution >= 0.6 is 0 Å². The molecule has 118 valence electrons. The van der Waals surface area contributed by atoms with E-state index in [1.54, 1.807) is 30.3 Å². The van der Waals surface area contributed by atoms with Gasteiger partial charge in [-0.25, -0.2) is 4.79 Å². The molecular formula is C19H18O4. The fraction of sp³-hybridized carbons (Fsp3) is 0.263. The molecule has 0 N–H and O–H groups in total. The van der Waals surface area contributed by atoms with Crippen molar-refractivity contribution in [2.24, 2.45) is 0 Å². The fourth-order valence-electron chi connectivity index (χ4n) is 2.51. The highest BCUT2D eigenvalue weighted by Crippen LogP contribution is 2.30. The van der Waals surface area contributed by atoms with Gasteiger partial charge in [-0.1, -0.05) is 31.5 Å². The monoisotopic (exact) mass is 310 g/mol. The summed E-state index contributed by atoms with van der Waals surface area (Å²) in [6.45, 7) is 2.15. The van der Waals surface area contributed by atoms with E-state index < -0.39 is 5.97 Å². The third-order valence-electron chi connectivity index (χ3n) is 3.82. The Morgan fingerprint density at radius 2 is 1.96 bits per heavy atom. The molecule has 0 atom stereocenters. The third-order valence-corrected chi connectivity index (χ3v) is 3.82. The Balaban J connectivity index is 1.67. The number of ether oxygens (including phenoxy) is 2. The van der Waals surface area contributed by atoms with Crippen LogP contribution < -0.4 is 9.47 Å². The highest BCUT2D eigenvalue weighted by molar-refractivity contribution is 5.91. The molecule has 0 aliphatic carbocycles. The minimum Gasteiger partial charge on any atom is -0.426 e. The molecule has 23 heavy (non-hydrogen) atoms. The van der Waals surface area contributed by atoms with Gasteiger partial charge in [0, 0.05) is 11.6 Å². The average Bonchev–Trinajstić information content (AvgIpc) is 2.92. The Morgan fingerprint density at radius 1 is 1.17 bits per heavy atom. The summed E-state index contributed by atoms with van der Waals surface area (Å²) in [5, 5.41) is 0. The Hall–Kier alpha value is -2.62. The molecule has 0 aromatic heterocycles. The van der Waals surface area contributed by atoms with Crippen LogP contribution in [0.25, 0.3) is 0 Å². The van der Waals surface area contributed by atoms with Crippen LogP contribution in [0.2, 0.25) is 0 Å². The lowest BCUT2D eigenvalue weighted by atomic mass is 10.1. The first kappa shape index (κ1) is 15.3. The van der Waals surface area contributed by atoms with E-state index in [1.165, 1.54) is 5.56 Å². The molecule has 0 unspecified atom stereocenters. The van der Waals surface area contributed by atoms with Gasteiger partial charge in [-0.3, -0.25) is 4.79 Å².